The third-order valence-corrected chi connectivity index (χ3v) is 5.80. The lowest BCUT2D eigenvalue weighted by atomic mass is 9.71. The zero-order valence-electron chi connectivity index (χ0n) is 14.8. The molecular formula is C21H26N2O2. The lowest BCUT2D eigenvalue weighted by Gasteiger charge is -2.43. The monoisotopic (exact) mass is 338 g/mol. The van der Waals surface area contributed by atoms with Gasteiger partial charge in [-0.05, 0) is 57.1 Å². The highest BCUT2D eigenvalue weighted by molar-refractivity contribution is 5.80. The van der Waals surface area contributed by atoms with Gasteiger partial charge in [-0.25, -0.2) is 0 Å². The first-order valence-corrected chi connectivity index (χ1v) is 9.36. The minimum atomic E-state index is -0.625. The Bertz CT molecular complexity index is 770. The van der Waals surface area contributed by atoms with E-state index in [2.05, 4.69) is 24.3 Å². The van der Waals surface area contributed by atoms with Crippen molar-refractivity contribution < 1.29 is 9.90 Å². The van der Waals surface area contributed by atoms with Gasteiger partial charge in [0.05, 0.1) is 11.1 Å². The smallest absolute Gasteiger partial charge is 0.225 e. The van der Waals surface area contributed by atoms with Crippen LogP contribution in [0.3, 0.4) is 0 Å². The van der Waals surface area contributed by atoms with Crippen molar-refractivity contribution in [1.29, 1.82) is 0 Å². The molecule has 4 rings (SSSR count). The summed E-state index contributed by atoms with van der Waals surface area (Å²) in [4.78, 5) is 19.3. The molecule has 1 saturated heterocycles. The maximum absolute atomic E-state index is 12.5. The molecule has 4 nitrogen and oxygen atoms in total. The summed E-state index contributed by atoms with van der Waals surface area (Å²) in [5.74, 6) is 0.879. The Kier molecular flexibility index (Phi) is 4.24. The number of rotatable bonds is 3. The molecule has 1 aliphatic heterocycles. The molecule has 0 spiro atoms. The zero-order chi connectivity index (χ0) is 17.4. The molecule has 2 heterocycles. The minimum absolute atomic E-state index is 0.0358. The molecule has 4 heteroatoms. The van der Waals surface area contributed by atoms with Crippen molar-refractivity contribution in [3.63, 3.8) is 0 Å². The van der Waals surface area contributed by atoms with Gasteiger partial charge < -0.3 is 10.0 Å². The summed E-state index contributed by atoms with van der Waals surface area (Å²) < 4.78 is 0. The van der Waals surface area contributed by atoms with E-state index < -0.39 is 5.60 Å². The van der Waals surface area contributed by atoms with Gasteiger partial charge in [0.1, 0.15) is 0 Å². The van der Waals surface area contributed by atoms with Crippen LogP contribution in [0.5, 0.6) is 0 Å². The second kappa shape index (κ2) is 6.41. The van der Waals surface area contributed by atoms with Gasteiger partial charge in [-0.2, -0.15) is 0 Å². The number of hydrogen-bond acceptors (Lipinski definition) is 3. The van der Waals surface area contributed by atoms with Crippen LogP contribution in [0.15, 0.2) is 36.4 Å². The number of nitrogens with zero attached hydrogens (tertiary/aromatic N) is 2. The Labute approximate surface area is 148 Å². The van der Waals surface area contributed by atoms with Crippen molar-refractivity contribution in [2.75, 3.05) is 13.1 Å². The Morgan fingerprint density at radius 2 is 1.92 bits per heavy atom. The van der Waals surface area contributed by atoms with Gasteiger partial charge in [0.2, 0.25) is 5.91 Å². The third-order valence-electron chi connectivity index (χ3n) is 5.80. The van der Waals surface area contributed by atoms with Crippen LogP contribution in [0.4, 0.5) is 0 Å². The molecule has 0 radical (unpaired) electrons. The van der Waals surface area contributed by atoms with Gasteiger partial charge in [-0.1, -0.05) is 24.3 Å². The number of aliphatic hydroxyl groups is 1. The van der Waals surface area contributed by atoms with E-state index in [9.17, 15) is 9.90 Å². The van der Waals surface area contributed by atoms with E-state index in [1.807, 2.05) is 24.0 Å². The molecule has 1 aliphatic carbocycles. The molecule has 0 unspecified atom stereocenters. The van der Waals surface area contributed by atoms with E-state index in [0.29, 0.717) is 18.8 Å². The molecule has 1 N–H and O–H groups in total. The number of pyridine rings is 1. The number of para-hydroxylation sites is 1. The van der Waals surface area contributed by atoms with E-state index in [-0.39, 0.29) is 11.8 Å². The molecule has 1 aromatic heterocycles. The first-order chi connectivity index (χ1) is 12.0. The molecular weight excluding hydrogens is 312 g/mol. The predicted molar refractivity (Wildman–Crippen MR) is 98.1 cm³/mol. The van der Waals surface area contributed by atoms with Crippen molar-refractivity contribution in [3.8, 4) is 0 Å². The zero-order valence-corrected chi connectivity index (χ0v) is 14.8. The van der Waals surface area contributed by atoms with Crippen LogP contribution >= 0.6 is 0 Å². The van der Waals surface area contributed by atoms with Crippen LogP contribution in [-0.2, 0) is 11.2 Å². The lowest BCUT2D eigenvalue weighted by Crippen LogP contribution is -2.51. The number of hydrogen-bond donors (Lipinski definition) is 1. The molecule has 0 atom stereocenters. The lowest BCUT2D eigenvalue weighted by molar-refractivity contribution is -0.151. The van der Waals surface area contributed by atoms with Crippen molar-refractivity contribution in [1.82, 2.24) is 9.88 Å². The highest BCUT2D eigenvalue weighted by atomic mass is 16.3. The number of carbonyl (C=O) groups is 1. The number of piperidine rings is 1. The molecule has 2 fully saturated rings. The summed E-state index contributed by atoms with van der Waals surface area (Å²) in [6, 6.07) is 12.5. The van der Waals surface area contributed by atoms with Gasteiger partial charge in [-0.15, -0.1) is 0 Å². The maximum atomic E-state index is 12.5. The number of carbonyl (C=O) groups excluding carboxylic acids is 1. The second-order valence-electron chi connectivity index (χ2n) is 8.07. The highest BCUT2D eigenvalue weighted by Crippen LogP contribution is 2.39. The molecule has 0 bridgehead atoms. The van der Waals surface area contributed by atoms with Crippen LogP contribution in [0.2, 0.25) is 0 Å². The van der Waals surface area contributed by atoms with Gasteiger partial charge in [-0.3, -0.25) is 9.78 Å². The summed E-state index contributed by atoms with van der Waals surface area (Å²) in [7, 11) is 0. The average molecular weight is 338 g/mol. The second-order valence-corrected chi connectivity index (χ2v) is 8.07. The summed E-state index contributed by atoms with van der Waals surface area (Å²) in [5.41, 5.74) is 1.59. The van der Waals surface area contributed by atoms with Gasteiger partial charge >= 0.3 is 0 Å². The van der Waals surface area contributed by atoms with Crippen molar-refractivity contribution in [2.24, 2.45) is 11.8 Å². The molecule has 2 aromatic rings. The number of aromatic nitrogens is 1. The Hall–Kier alpha value is -1.94. The van der Waals surface area contributed by atoms with E-state index in [4.69, 9.17) is 4.98 Å². The largest absolute Gasteiger partial charge is 0.390 e. The van der Waals surface area contributed by atoms with E-state index in [0.717, 1.165) is 43.6 Å². The van der Waals surface area contributed by atoms with Crippen LogP contribution in [0.25, 0.3) is 10.9 Å². The van der Waals surface area contributed by atoms with E-state index >= 15 is 0 Å². The predicted octanol–water partition coefficient (Wildman–Crippen LogP) is 3.18. The number of benzene rings is 1. The van der Waals surface area contributed by atoms with Crippen molar-refractivity contribution in [3.05, 3.63) is 42.1 Å². The fourth-order valence-electron chi connectivity index (χ4n) is 4.31. The van der Waals surface area contributed by atoms with Gasteiger partial charge in [0, 0.05) is 30.1 Å². The SMILES string of the molecule is CC1(O)CC(C(=O)N2CCC(Cc3ccc4ccccc4n3)CC2)C1. The normalized spacial score (nSPS) is 27.3. The molecule has 1 aromatic carbocycles. The Morgan fingerprint density at radius 3 is 2.64 bits per heavy atom. The first-order valence-electron chi connectivity index (χ1n) is 9.36. The Balaban J connectivity index is 1.32. The molecule has 132 valence electrons. The topological polar surface area (TPSA) is 53.4 Å². The first kappa shape index (κ1) is 16.5. The molecule has 2 aliphatic rings. The summed E-state index contributed by atoms with van der Waals surface area (Å²) in [6.45, 7) is 3.50. The van der Waals surface area contributed by atoms with E-state index in [1.165, 1.54) is 5.39 Å². The number of fused-ring (bicyclic) bond motifs is 1. The van der Waals surface area contributed by atoms with Crippen molar-refractivity contribution >= 4 is 16.8 Å². The van der Waals surface area contributed by atoms with Crippen LogP contribution in [0, 0.1) is 11.8 Å². The van der Waals surface area contributed by atoms with Crippen LogP contribution in [-0.4, -0.2) is 39.6 Å². The average Bonchev–Trinajstić information content (AvgIpc) is 2.59. The molecule has 1 saturated carbocycles. The van der Waals surface area contributed by atoms with Crippen LogP contribution in [0.1, 0.15) is 38.3 Å². The Morgan fingerprint density at radius 1 is 1.20 bits per heavy atom. The summed E-state index contributed by atoms with van der Waals surface area (Å²) >= 11 is 0. The number of amides is 1. The third kappa shape index (κ3) is 3.54. The minimum Gasteiger partial charge on any atom is -0.390 e. The molecule has 25 heavy (non-hydrogen) atoms. The van der Waals surface area contributed by atoms with Gasteiger partial charge in [0.25, 0.3) is 0 Å². The van der Waals surface area contributed by atoms with E-state index in [1.54, 1.807) is 0 Å². The highest BCUT2D eigenvalue weighted by Gasteiger charge is 2.44. The maximum Gasteiger partial charge on any atom is 0.225 e. The number of likely N-dealkylation sites (tertiary alicyclic amines) is 1. The fraction of sp³-hybridized carbons (Fsp3) is 0.524. The molecule has 1 amide bonds. The quantitative estimate of drug-likeness (QED) is 0.935. The fourth-order valence-corrected chi connectivity index (χ4v) is 4.31. The summed E-state index contributed by atoms with van der Waals surface area (Å²) in [5, 5.41) is 11.0. The standard InChI is InChI=1S/C21H26N2O2/c1-21(25)13-17(14-21)20(24)23-10-8-15(9-11-23)12-18-7-6-16-4-2-3-5-19(16)22-18/h2-7,15,17,25H,8-14H2,1H3. The summed E-state index contributed by atoms with van der Waals surface area (Å²) in [6.07, 6.45) is 4.32. The van der Waals surface area contributed by atoms with Gasteiger partial charge in [0.15, 0.2) is 0 Å². The van der Waals surface area contributed by atoms with Crippen molar-refractivity contribution in [2.45, 2.75) is 44.6 Å². The van der Waals surface area contributed by atoms with Crippen LogP contribution < -0.4 is 0 Å².